The van der Waals surface area contributed by atoms with Gasteiger partial charge in [0.1, 0.15) is 0 Å². The van der Waals surface area contributed by atoms with Crippen molar-refractivity contribution in [1.82, 2.24) is 4.98 Å². The highest BCUT2D eigenvalue weighted by Gasteiger charge is 2.20. The maximum atomic E-state index is 11.9. The molecule has 0 aromatic carbocycles. The van der Waals surface area contributed by atoms with E-state index in [0.717, 1.165) is 30.3 Å². The number of amides is 1. The molecule has 0 bridgehead atoms. The fourth-order valence-electron chi connectivity index (χ4n) is 2.47. The molecule has 1 N–H and O–H groups in total. The minimum atomic E-state index is 0.0651. The number of rotatable bonds is 4. The summed E-state index contributed by atoms with van der Waals surface area (Å²) < 4.78 is 0. The van der Waals surface area contributed by atoms with E-state index >= 15 is 0 Å². The normalized spacial score (nSPS) is 17.8. The SMILES string of the molecule is CC1CCc2nc(NC(=O)CCc3ccsc3)sc2C1. The number of aromatic nitrogens is 1. The van der Waals surface area contributed by atoms with Gasteiger partial charge < -0.3 is 5.32 Å². The molecule has 1 amide bonds. The Morgan fingerprint density at radius 2 is 2.45 bits per heavy atom. The van der Waals surface area contributed by atoms with E-state index in [1.807, 2.05) is 5.38 Å². The number of carbonyl (C=O) groups is 1. The molecule has 1 aliphatic rings. The molecule has 1 unspecified atom stereocenters. The van der Waals surface area contributed by atoms with Crippen molar-refractivity contribution in [3.8, 4) is 0 Å². The van der Waals surface area contributed by atoms with Crippen LogP contribution in [0.1, 0.15) is 35.9 Å². The molecule has 20 heavy (non-hydrogen) atoms. The standard InChI is InChI=1S/C15H18N2OS2/c1-10-2-4-12-13(8-10)20-15(16-12)17-14(18)5-3-11-6-7-19-9-11/h6-7,9-10H,2-5,8H2,1H3,(H,16,17,18). The molecule has 0 radical (unpaired) electrons. The van der Waals surface area contributed by atoms with Crippen LogP contribution in [0.4, 0.5) is 5.13 Å². The third-order valence-electron chi connectivity index (χ3n) is 3.65. The Labute approximate surface area is 127 Å². The van der Waals surface area contributed by atoms with Gasteiger partial charge in [-0.2, -0.15) is 11.3 Å². The van der Waals surface area contributed by atoms with Crippen molar-refractivity contribution < 1.29 is 4.79 Å². The number of hydrogen-bond donors (Lipinski definition) is 1. The highest BCUT2D eigenvalue weighted by Crippen LogP contribution is 2.32. The molecule has 0 saturated heterocycles. The van der Waals surface area contributed by atoms with Crippen molar-refractivity contribution in [2.75, 3.05) is 5.32 Å². The summed E-state index contributed by atoms with van der Waals surface area (Å²) in [6, 6.07) is 2.07. The van der Waals surface area contributed by atoms with Crippen LogP contribution in [0, 0.1) is 5.92 Å². The second-order valence-corrected chi connectivity index (χ2v) is 7.28. The molecule has 1 atom stereocenters. The topological polar surface area (TPSA) is 42.0 Å². The third-order valence-corrected chi connectivity index (χ3v) is 5.42. The number of thiophene rings is 1. The Hall–Kier alpha value is -1.20. The molecule has 2 heterocycles. The highest BCUT2D eigenvalue weighted by atomic mass is 32.1. The zero-order valence-corrected chi connectivity index (χ0v) is 13.1. The van der Waals surface area contributed by atoms with Crippen LogP contribution in [-0.4, -0.2) is 10.9 Å². The Kier molecular flexibility index (Phi) is 4.17. The van der Waals surface area contributed by atoms with Gasteiger partial charge in [-0.05, 0) is 54.0 Å². The Morgan fingerprint density at radius 3 is 3.25 bits per heavy atom. The lowest BCUT2D eigenvalue weighted by molar-refractivity contribution is -0.116. The minimum absolute atomic E-state index is 0.0651. The Balaban J connectivity index is 1.56. The number of anilines is 1. The summed E-state index contributed by atoms with van der Waals surface area (Å²) in [6.45, 7) is 2.28. The summed E-state index contributed by atoms with van der Waals surface area (Å²) in [5, 5.41) is 7.86. The van der Waals surface area contributed by atoms with E-state index < -0.39 is 0 Å². The van der Waals surface area contributed by atoms with Gasteiger partial charge in [-0.25, -0.2) is 4.98 Å². The summed E-state index contributed by atoms with van der Waals surface area (Å²) >= 11 is 3.32. The van der Waals surface area contributed by atoms with Gasteiger partial charge in [0, 0.05) is 11.3 Å². The first kappa shape index (κ1) is 13.8. The Bertz CT molecular complexity index is 589. The summed E-state index contributed by atoms with van der Waals surface area (Å²) in [6.07, 6.45) is 4.70. The summed E-state index contributed by atoms with van der Waals surface area (Å²) in [5.41, 5.74) is 2.43. The maximum absolute atomic E-state index is 11.9. The highest BCUT2D eigenvalue weighted by molar-refractivity contribution is 7.15. The molecule has 0 spiro atoms. The Morgan fingerprint density at radius 1 is 1.55 bits per heavy atom. The lowest BCUT2D eigenvalue weighted by Gasteiger charge is -2.15. The van der Waals surface area contributed by atoms with Crippen LogP contribution in [0.2, 0.25) is 0 Å². The van der Waals surface area contributed by atoms with Gasteiger partial charge in [0.25, 0.3) is 0 Å². The lowest BCUT2D eigenvalue weighted by Crippen LogP contribution is -2.12. The molecular formula is C15H18N2OS2. The van der Waals surface area contributed by atoms with Crippen molar-refractivity contribution in [2.45, 2.75) is 39.0 Å². The smallest absolute Gasteiger partial charge is 0.226 e. The van der Waals surface area contributed by atoms with Crippen LogP contribution in [0.15, 0.2) is 16.8 Å². The largest absolute Gasteiger partial charge is 0.302 e. The monoisotopic (exact) mass is 306 g/mol. The maximum Gasteiger partial charge on any atom is 0.226 e. The second-order valence-electron chi connectivity index (χ2n) is 5.42. The minimum Gasteiger partial charge on any atom is -0.302 e. The van der Waals surface area contributed by atoms with Gasteiger partial charge in [-0.3, -0.25) is 4.79 Å². The molecule has 1 aliphatic carbocycles. The molecule has 2 aromatic rings. The van der Waals surface area contributed by atoms with Gasteiger partial charge in [-0.1, -0.05) is 6.92 Å². The summed E-state index contributed by atoms with van der Waals surface area (Å²) in [4.78, 5) is 17.9. The van der Waals surface area contributed by atoms with Crippen LogP contribution in [0.3, 0.4) is 0 Å². The van der Waals surface area contributed by atoms with Crippen molar-refractivity contribution >= 4 is 33.7 Å². The zero-order chi connectivity index (χ0) is 13.9. The van der Waals surface area contributed by atoms with Crippen molar-refractivity contribution in [3.05, 3.63) is 33.0 Å². The van der Waals surface area contributed by atoms with Gasteiger partial charge in [-0.15, -0.1) is 11.3 Å². The first-order valence-electron chi connectivity index (χ1n) is 7.00. The predicted molar refractivity (Wildman–Crippen MR) is 84.6 cm³/mol. The number of fused-ring (bicyclic) bond motifs is 1. The number of hydrogen-bond acceptors (Lipinski definition) is 4. The first-order valence-corrected chi connectivity index (χ1v) is 8.76. The molecule has 0 fully saturated rings. The van der Waals surface area contributed by atoms with Crippen molar-refractivity contribution in [3.63, 3.8) is 0 Å². The number of nitrogens with one attached hydrogen (secondary N) is 1. The molecule has 3 rings (SSSR count). The van der Waals surface area contributed by atoms with Crippen LogP contribution < -0.4 is 5.32 Å². The average Bonchev–Trinajstić information content (AvgIpc) is 3.04. The molecular weight excluding hydrogens is 288 g/mol. The van der Waals surface area contributed by atoms with E-state index in [4.69, 9.17) is 0 Å². The summed E-state index contributed by atoms with van der Waals surface area (Å²) in [7, 11) is 0. The van der Waals surface area contributed by atoms with E-state index in [-0.39, 0.29) is 5.91 Å². The van der Waals surface area contributed by atoms with Crippen LogP contribution in [0.25, 0.3) is 0 Å². The first-order chi connectivity index (χ1) is 9.70. The molecule has 0 aliphatic heterocycles. The molecule has 3 nitrogen and oxygen atoms in total. The van der Waals surface area contributed by atoms with Crippen molar-refractivity contribution in [2.24, 2.45) is 5.92 Å². The van der Waals surface area contributed by atoms with E-state index in [1.54, 1.807) is 22.7 Å². The van der Waals surface area contributed by atoms with Crippen LogP contribution in [0.5, 0.6) is 0 Å². The molecule has 5 heteroatoms. The van der Waals surface area contributed by atoms with E-state index in [9.17, 15) is 4.79 Å². The fourth-order valence-corrected chi connectivity index (χ4v) is 4.36. The third kappa shape index (κ3) is 3.27. The van der Waals surface area contributed by atoms with E-state index in [1.165, 1.54) is 22.6 Å². The van der Waals surface area contributed by atoms with E-state index in [0.29, 0.717) is 6.42 Å². The fraction of sp³-hybridized carbons (Fsp3) is 0.467. The number of nitrogens with zero attached hydrogens (tertiary/aromatic N) is 1. The molecule has 2 aromatic heterocycles. The zero-order valence-electron chi connectivity index (χ0n) is 11.5. The van der Waals surface area contributed by atoms with Crippen LogP contribution >= 0.6 is 22.7 Å². The molecule has 0 saturated carbocycles. The number of aryl methyl sites for hydroxylation is 2. The quantitative estimate of drug-likeness (QED) is 0.931. The number of thiazole rings is 1. The second kappa shape index (κ2) is 6.06. The van der Waals surface area contributed by atoms with E-state index in [2.05, 4.69) is 28.7 Å². The summed E-state index contributed by atoms with van der Waals surface area (Å²) in [5.74, 6) is 0.806. The predicted octanol–water partition coefficient (Wildman–Crippen LogP) is 3.90. The molecule has 106 valence electrons. The van der Waals surface area contributed by atoms with Gasteiger partial charge in [0.2, 0.25) is 5.91 Å². The number of carbonyl (C=O) groups excluding carboxylic acids is 1. The van der Waals surface area contributed by atoms with Gasteiger partial charge in [0.05, 0.1) is 5.69 Å². The van der Waals surface area contributed by atoms with Crippen LogP contribution in [-0.2, 0) is 24.1 Å². The van der Waals surface area contributed by atoms with Gasteiger partial charge in [0.15, 0.2) is 5.13 Å². The van der Waals surface area contributed by atoms with Gasteiger partial charge >= 0.3 is 0 Å². The van der Waals surface area contributed by atoms with Crippen molar-refractivity contribution in [1.29, 1.82) is 0 Å². The average molecular weight is 306 g/mol. The lowest BCUT2D eigenvalue weighted by atomic mass is 9.93.